The van der Waals surface area contributed by atoms with Gasteiger partial charge in [0.2, 0.25) is 0 Å². The molecule has 1 unspecified atom stereocenters. The van der Waals surface area contributed by atoms with E-state index in [2.05, 4.69) is 10.1 Å². The van der Waals surface area contributed by atoms with Crippen molar-refractivity contribution in [3.05, 3.63) is 29.1 Å². The van der Waals surface area contributed by atoms with Crippen molar-refractivity contribution in [2.24, 2.45) is 0 Å². The summed E-state index contributed by atoms with van der Waals surface area (Å²) >= 11 is 1.36. The number of methoxy groups -OCH3 is 1. The molecule has 19 heavy (non-hydrogen) atoms. The average molecular weight is 278 g/mol. The lowest BCUT2D eigenvalue weighted by atomic mass is 10.2. The minimum absolute atomic E-state index is 0.294. The molecule has 2 aromatic rings. The molecule has 0 bridgehead atoms. The molecule has 1 aromatic carbocycles. The Morgan fingerprint density at radius 2 is 2.11 bits per heavy atom. The number of hydrogen-bond acceptors (Lipinski definition) is 5. The van der Waals surface area contributed by atoms with Crippen LogP contribution < -0.4 is 11.1 Å². The van der Waals surface area contributed by atoms with Gasteiger partial charge in [0, 0.05) is 10.4 Å². The molecule has 100 valence electrons. The third-order valence-corrected chi connectivity index (χ3v) is 3.78. The molecule has 1 atom stereocenters. The number of esters is 1. The van der Waals surface area contributed by atoms with Crippen LogP contribution in [0.3, 0.4) is 0 Å². The molecule has 3 N–H and O–H groups in total. The highest BCUT2D eigenvalue weighted by Gasteiger charge is 2.18. The molecule has 0 radical (unpaired) electrons. The number of hydrogen-bond donors (Lipinski definition) is 2. The first-order valence-corrected chi connectivity index (χ1v) is 6.50. The third-order valence-electron chi connectivity index (χ3n) is 2.67. The fourth-order valence-electron chi connectivity index (χ4n) is 1.68. The minimum atomic E-state index is -0.673. The topological polar surface area (TPSA) is 81.4 Å². The molecule has 0 aliphatic carbocycles. The molecule has 0 saturated heterocycles. The zero-order chi connectivity index (χ0) is 14.0. The van der Waals surface area contributed by atoms with Gasteiger partial charge in [-0.3, -0.25) is 4.79 Å². The van der Waals surface area contributed by atoms with E-state index in [0.717, 1.165) is 10.1 Å². The summed E-state index contributed by atoms with van der Waals surface area (Å²) in [7, 11) is 1.28. The average Bonchev–Trinajstić information content (AvgIpc) is 2.80. The van der Waals surface area contributed by atoms with Crippen LogP contribution in [0.15, 0.2) is 24.3 Å². The second-order valence-electron chi connectivity index (χ2n) is 4.13. The van der Waals surface area contributed by atoms with Gasteiger partial charge in [0.05, 0.1) is 12.0 Å². The van der Waals surface area contributed by atoms with Gasteiger partial charge < -0.3 is 15.8 Å². The molecule has 1 heterocycles. The van der Waals surface area contributed by atoms with Crippen molar-refractivity contribution in [2.75, 3.05) is 12.8 Å². The Bertz CT molecular complexity index is 636. The van der Waals surface area contributed by atoms with Crippen LogP contribution in [0, 0.1) is 0 Å². The zero-order valence-corrected chi connectivity index (χ0v) is 11.4. The predicted octanol–water partition coefficient (Wildman–Crippen LogP) is 1.77. The molecule has 0 fully saturated rings. The molecule has 1 amide bonds. The smallest absolute Gasteiger partial charge is 0.328 e. The van der Waals surface area contributed by atoms with E-state index in [4.69, 9.17) is 5.73 Å². The number of nitrogens with one attached hydrogen (secondary N) is 1. The summed E-state index contributed by atoms with van der Waals surface area (Å²) in [5.41, 5.74) is 6.34. The normalized spacial score (nSPS) is 12.1. The molecular formula is C13H14N2O3S. The van der Waals surface area contributed by atoms with Crippen molar-refractivity contribution in [1.82, 2.24) is 5.32 Å². The van der Waals surface area contributed by atoms with Crippen LogP contribution >= 0.6 is 11.3 Å². The lowest BCUT2D eigenvalue weighted by molar-refractivity contribution is -0.142. The number of benzene rings is 1. The molecule has 2 rings (SSSR count). The van der Waals surface area contributed by atoms with Gasteiger partial charge in [0.25, 0.3) is 5.91 Å². The van der Waals surface area contributed by atoms with E-state index in [9.17, 15) is 9.59 Å². The number of rotatable bonds is 3. The van der Waals surface area contributed by atoms with Gasteiger partial charge in [-0.25, -0.2) is 4.79 Å². The number of thiophene rings is 1. The second-order valence-corrected chi connectivity index (χ2v) is 5.21. The van der Waals surface area contributed by atoms with Gasteiger partial charge in [-0.1, -0.05) is 0 Å². The summed E-state index contributed by atoms with van der Waals surface area (Å²) in [4.78, 5) is 23.8. The number of fused-ring (bicyclic) bond motifs is 1. The van der Waals surface area contributed by atoms with Crippen molar-refractivity contribution in [3.63, 3.8) is 0 Å². The van der Waals surface area contributed by atoms with Gasteiger partial charge in [-0.2, -0.15) is 0 Å². The first-order valence-electron chi connectivity index (χ1n) is 5.69. The monoisotopic (exact) mass is 278 g/mol. The number of carbonyl (C=O) groups is 2. The Balaban J connectivity index is 2.20. The van der Waals surface area contributed by atoms with Gasteiger partial charge in [-0.05, 0) is 36.6 Å². The van der Waals surface area contributed by atoms with E-state index in [1.165, 1.54) is 18.4 Å². The highest BCUT2D eigenvalue weighted by Crippen LogP contribution is 2.27. The Labute approximate surface area is 114 Å². The minimum Gasteiger partial charge on any atom is -0.467 e. The molecule has 0 spiro atoms. The van der Waals surface area contributed by atoms with Crippen molar-refractivity contribution >= 4 is 39.0 Å². The first-order chi connectivity index (χ1) is 9.01. The molecule has 0 aliphatic rings. The summed E-state index contributed by atoms with van der Waals surface area (Å²) in [6.07, 6.45) is 0. The Morgan fingerprint density at radius 3 is 2.79 bits per heavy atom. The van der Waals surface area contributed by atoms with E-state index in [-0.39, 0.29) is 5.91 Å². The fourth-order valence-corrected chi connectivity index (χ4v) is 2.62. The first kappa shape index (κ1) is 13.4. The molecule has 5 nitrogen and oxygen atoms in total. The predicted molar refractivity (Wildman–Crippen MR) is 75.2 cm³/mol. The van der Waals surface area contributed by atoms with E-state index in [1.54, 1.807) is 19.1 Å². The standard InChI is InChI=1S/C13H14N2O3S/c1-7(13(17)18-2)15-12(16)11-6-8-5-9(14)3-4-10(8)19-11/h3-7H,14H2,1-2H3,(H,15,16). The van der Waals surface area contributed by atoms with E-state index >= 15 is 0 Å². The van der Waals surface area contributed by atoms with E-state index in [1.807, 2.05) is 12.1 Å². The molecular weight excluding hydrogens is 264 g/mol. The molecule has 0 aliphatic heterocycles. The molecule has 6 heteroatoms. The number of anilines is 1. The van der Waals surface area contributed by atoms with Crippen LogP contribution in [-0.4, -0.2) is 25.0 Å². The summed E-state index contributed by atoms with van der Waals surface area (Å²) in [5.74, 6) is -0.767. The largest absolute Gasteiger partial charge is 0.467 e. The summed E-state index contributed by atoms with van der Waals surface area (Å²) in [5, 5.41) is 3.51. The van der Waals surface area contributed by atoms with Crippen molar-refractivity contribution in [3.8, 4) is 0 Å². The lowest BCUT2D eigenvalue weighted by Gasteiger charge is -2.10. The lowest BCUT2D eigenvalue weighted by Crippen LogP contribution is -2.38. The number of nitrogen functional groups attached to an aromatic ring is 1. The van der Waals surface area contributed by atoms with Crippen molar-refractivity contribution in [2.45, 2.75) is 13.0 Å². The summed E-state index contributed by atoms with van der Waals surface area (Å²) < 4.78 is 5.53. The maximum atomic E-state index is 12.0. The van der Waals surface area contributed by atoms with E-state index < -0.39 is 12.0 Å². The van der Waals surface area contributed by atoms with Crippen molar-refractivity contribution in [1.29, 1.82) is 0 Å². The number of ether oxygens (including phenoxy) is 1. The van der Waals surface area contributed by atoms with Crippen LogP contribution in [-0.2, 0) is 9.53 Å². The zero-order valence-electron chi connectivity index (χ0n) is 10.6. The van der Waals surface area contributed by atoms with Gasteiger partial charge in [-0.15, -0.1) is 11.3 Å². The van der Waals surface area contributed by atoms with Crippen LogP contribution in [0.4, 0.5) is 5.69 Å². The number of carbonyl (C=O) groups excluding carboxylic acids is 2. The number of amides is 1. The van der Waals surface area contributed by atoms with E-state index in [0.29, 0.717) is 10.6 Å². The highest BCUT2D eigenvalue weighted by molar-refractivity contribution is 7.20. The van der Waals surface area contributed by atoms with Crippen LogP contribution in [0.25, 0.3) is 10.1 Å². The summed E-state index contributed by atoms with van der Waals surface area (Å²) in [6.45, 7) is 1.58. The fraction of sp³-hybridized carbons (Fsp3) is 0.231. The second kappa shape index (κ2) is 5.27. The van der Waals surface area contributed by atoms with Gasteiger partial charge >= 0.3 is 5.97 Å². The Morgan fingerprint density at radius 1 is 1.37 bits per heavy atom. The van der Waals surface area contributed by atoms with Crippen LogP contribution in [0.2, 0.25) is 0 Å². The van der Waals surface area contributed by atoms with Crippen molar-refractivity contribution < 1.29 is 14.3 Å². The quantitative estimate of drug-likeness (QED) is 0.662. The SMILES string of the molecule is COC(=O)C(C)NC(=O)c1cc2cc(N)ccc2s1. The molecule has 0 saturated carbocycles. The number of nitrogens with two attached hydrogens (primary N) is 1. The van der Waals surface area contributed by atoms with Gasteiger partial charge in [0.1, 0.15) is 6.04 Å². The summed E-state index contributed by atoms with van der Waals surface area (Å²) in [6, 6.07) is 6.56. The Hall–Kier alpha value is -2.08. The van der Waals surface area contributed by atoms with Crippen LogP contribution in [0.5, 0.6) is 0 Å². The van der Waals surface area contributed by atoms with Gasteiger partial charge in [0.15, 0.2) is 0 Å². The highest BCUT2D eigenvalue weighted by atomic mass is 32.1. The maximum Gasteiger partial charge on any atom is 0.328 e. The third kappa shape index (κ3) is 2.85. The Kier molecular flexibility index (Phi) is 3.71. The maximum absolute atomic E-state index is 12.0. The van der Waals surface area contributed by atoms with Crippen LogP contribution in [0.1, 0.15) is 16.6 Å². The molecule has 1 aromatic heterocycles.